The van der Waals surface area contributed by atoms with E-state index in [4.69, 9.17) is 0 Å². The molecule has 0 fully saturated rings. The van der Waals surface area contributed by atoms with Gasteiger partial charge < -0.3 is 0 Å². The lowest BCUT2D eigenvalue weighted by Crippen LogP contribution is -2.00. The summed E-state index contributed by atoms with van der Waals surface area (Å²) in [5.41, 5.74) is 0.963. The van der Waals surface area contributed by atoms with Crippen molar-refractivity contribution < 1.29 is 0 Å². The lowest BCUT2D eigenvalue weighted by atomic mass is 10.1. The zero-order valence-corrected chi connectivity index (χ0v) is 4.94. The van der Waals surface area contributed by atoms with Crippen molar-refractivity contribution in [1.29, 1.82) is 0 Å². The zero-order chi connectivity index (χ0) is 4.41. The van der Waals surface area contributed by atoms with Crippen molar-refractivity contribution in [2.45, 2.75) is 12.1 Å². The molecule has 1 rings (SSSR count). The maximum Gasteiger partial charge on any atom is -0.00252 e. The van der Waals surface area contributed by atoms with Crippen LogP contribution in [0.5, 0.6) is 0 Å². The van der Waals surface area contributed by atoms with E-state index in [-0.39, 0.29) is 0 Å². The summed E-state index contributed by atoms with van der Waals surface area (Å²) in [4.78, 5) is 0. The third-order valence-electron chi connectivity index (χ3n) is 1.13. The fourth-order valence-electron chi connectivity index (χ4n) is 0.486. The molecule has 1 aliphatic carbocycles. The van der Waals surface area contributed by atoms with Gasteiger partial charge in [-0.3, -0.25) is 0 Å². The molecule has 2 atom stereocenters. The highest BCUT2D eigenvalue weighted by Crippen LogP contribution is 2.25. The lowest BCUT2D eigenvalue weighted by molar-refractivity contribution is 0.978. The number of allylic oxidation sites excluding steroid dienone is 2. The summed E-state index contributed by atoms with van der Waals surface area (Å²) < 4.78 is 0. The molecule has 6 heavy (non-hydrogen) atoms. The molecular weight excluding hydrogens is 91.0 g/mol. The van der Waals surface area contributed by atoms with Gasteiger partial charge in [0.25, 0.3) is 0 Å². The summed E-state index contributed by atoms with van der Waals surface area (Å²) in [6.07, 6.45) is 5.87. The van der Waals surface area contributed by atoms with E-state index in [2.05, 4.69) is 18.8 Å². The summed E-state index contributed by atoms with van der Waals surface area (Å²) >= 11 is 0. The second-order valence-corrected chi connectivity index (χ2v) is 2.88. The van der Waals surface area contributed by atoms with Gasteiger partial charge in [-0.1, -0.05) is 12.2 Å². The van der Waals surface area contributed by atoms with E-state index >= 15 is 0 Å². The quantitative estimate of drug-likeness (QED) is 0.347. The maximum atomic E-state index is 2.29. The number of hydrogen-bond donors (Lipinski definition) is 0. The molecular formula is C5H9P. The maximum absolute atomic E-state index is 2.29. The van der Waals surface area contributed by atoms with Crippen LogP contribution in [0.4, 0.5) is 0 Å². The van der Waals surface area contributed by atoms with E-state index in [1.807, 2.05) is 0 Å². The monoisotopic (exact) mass is 100 g/mol. The molecule has 0 aromatic rings. The second-order valence-electron chi connectivity index (χ2n) is 1.56. The van der Waals surface area contributed by atoms with Gasteiger partial charge in [0, 0.05) is 0 Å². The Balaban J connectivity index is 2.21. The predicted molar refractivity (Wildman–Crippen MR) is 31.8 cm³/mol. The summed E-state index contributed by atoms with van der Waals surface area (Å²) in [7, 11) is 1.13. The van der Waals surface area contributed by atoms with Crippen LogP contribution >= 0.6 is 8.58 Å². The fraction of sp³-hybridized carbons (Fsp3) is 0.600. The van der Waals surface area contributed by atoms with Crippen molar-refractivity contribution in [1.82, 2.24) is 0 Å². The number of rotatable bonds is 1. The van der Waals surface area contributed by atoms with Gasteiger partial charge in [0.05, 0.1) is 0 Å². The molecule has 1 aliphatic rings. The van der Waals surface area contributed by atoms with Crippen molar-refractivity contribution in [2.75, 3.05) is 6.66 Å². The highest BCUT2D eigenvalue weighted by Gasteiger charge is 2.04. The van der Waals surface area contributed by atoms with E-state index in [0.29, 0.717) is 0 Å². The molecule has 0 N–H and O–H groups in total. The number of hydrogen-bond acceptors (Lipinski definition) is 0. The topological polar surface area (TPSA) is 0 Å². The van der Waals surface area contributed by atoms with Gasteiger partial charge in [0.2, 0.25) is 0 Å². The SMILES string of the molecule is CP[C@@H]1C=CC1. The first kappa shape index (κ1) is 4.33. The second kappa shape index (κ2) is 1.75. The molecule has 0 radical (unpaired) electrons. The minimum absolute atomic E-state index is 0.963. The molecule has 0 amide bonds. The van der Waals surface area contributed by atoms with Gasteiger partial charge in [0.15, 0.2) is 0 Å². The molecule has 0 aliphatic heterocycles. The fourth-order valence-corrected chi connectivity index (χ4v) is 1.19. The Hall–Kier alpha value is 0.170. The van der Waals surface area contributed by atoms with Gasteiger partial charge >= 0.3 is 0 Å². The van der Waals surface area contributed by atoms with Gasteiger partial charge in [-0.05, 0) is 18.7 Å². The van der Waals surface area contributed by atoms with Crippen molar-refractivity contribution in [3.8, 4) is 0 Å². The van der Waals surface area contributed by atoms with Crippen molar-refractivity contribution in [2.24, 2.45) is 0 Å². The molecule has 0 spiro atoms. The minimum Gasteiger partial charge on any atom is -0.118 e. The zero-order valence-electron chi connectivity index (χ0n) is 3.94. The molecule has 34 valence electrons. The average Bonchev–Trinajstić information content (AvgIpc) is 1.31. The van der Waals surface area contributed by atoms with Crippen LogP contribution in [0.1, 0.15) is 6.42 Å². The van der Waals surface area contributed by atoms with Crippen LogP contribution in [0.15, 0.2) is 12.2 Å². The van der Waals surface area contributed by atoms with Crippen LogP contribution in [0, 0.1) is 0 Å². The molecule has 1 unspecified atom stereocenters. The highest BCUT2D eigenvalue weighted by molar-refractivity contribution is 7.38. The van der Waals surface area contributed by atoms with Crippen molar-refractivity contribution in [3.05, 3.63) is 12.2 Å². The Morgan fingerprint density at radius 1 is 1.83 bits per heavy atom. The molecule has 0 aromatic heterocycles. The van der Waals surface area contributed by atoms with Crippen LogP contribution in [-0.2, 0) is 0 Å². The Bertz CT molecular complexity index is 66.3. The minimum atomic E-state index is 0.963. The highest BCUT2D eigenvalue weighted by atomic mass is 31.1. The average molecular weight is 100 g/mol. The van der Waals surface area contributed by atoms with Crippen LogP contribution < -0.4 is 0 Å². The summed E-state index contributed by atoms with van der Waals surface area (Å²) in [5, 5.41) is 0. The van der Waals surface area contributed by atoms with E-state index < -0.39 is 0 Å². The van der Waals surface area contributed by atoms with Crippen molar-refractivity contribution >= 4 is 8.58 Å². The summed E-state index contributed by atoms with van der Waals surface area (Å²) in [5.74, 6) is 0. The van der Waals surface area contributed by atoms with Crippen LogP contribution in [-0.4, -0.2) is 12.3 Å². The molecule has 0 heterocycles. The van der Waals surface area contributed by atoms with Crippen LogP contribution in [0.3, 0.4) is 0 Å². The Morgan fingerprint density at radius 3 is 2.50 bits per heavy atom. The molecule has 0 bridgehead atoms. The Kier molecular flexibility index (Phi) is 1.26. The molecule has 0 aromatic carbocycles. The molecule has 0 saturated heterocycles. The largest absolute Gasteiger partial charge is 0.118 e. The van der Waals surface area contributed by atoms with Crippen LogP contribution in [0.2, 0.25) is 0 Å². The van der Waals surface area contributed by atoms with Gasteiger partial charge in [-0.15, -0.1) is 8.58 Å². The first-order valence-electron chi connectivity index (χ1n) is 2.27. The van der Waals surface area contributed by atoms with Crippen LogP contribution in [0.25, 0.3) is 0 Å². The predicted octanol–water partition coefficient (Wildman–Crippen LogP) is 1.62. The smallest absolute Gasteiger partial charge is 0.00252 e. The van der Waals surface area contributed by atoms with Gasteiger partial charge in [0.1, 0.15) is 0 Å². The third kappa shape index (κ3) is 0.628. The first-order chi connectivity index (χ1) is 2.93. The first-order valence-corrected chi connectivity index (χ1v) is 3.85. The summed E-state index contributed by atoms with van der Waals surface area (Å²) in [6.45, 7) is 2.26. The van der Waals surface area contributed by atoms with Gasteiger partial charge in [-0.2, -0.15) is 0 Å². The lowest BCUT2D eigenvalue weighted by Gasteiger charge is -2.13. The summed E-state index contributed by atoms with van der Waals surface area (Å²) in [6, 6.07) is 0. The normalized spacial score (nSPS) is 31.8. The van der Waals surface area contributed by atoms with E-state index in [1.54, 1.807) is 0 Å². The standard InChI is InChI=1S/C5H9P/c1-6-5-3-2-4-5/h2-3,5-6H,4H2,1H3/t5-/m1/s1. The Morgan fingerprint density at radius 2 is 2.50 bits per heavy atom. The molecule has 1 heteroatoms. The van der Waals surface area contributed by atoms with E-state index in [0.717, 1.165) is 14.2 Å². The van der Waals surface area contributed by atoms with Gasteiger partial charge in [-0.25, -0.2) is 0 Å². The molecule has 0 nitrogen and oxygen atoms in total. The molecule has 0 saturated carbocycles. The Labute approximate surface area is 40.4 Å². The van der Waals surface area contributed by atoms with E-state index in [9.17, 15) is 0 Å². The van der Waals surface area contributed by atoms with Crippen molar-refractivity contribution in [3.63, 3.8) is 0 Å². The third-order valence-corrected chi connectivity index (χ3v) is 2.30. The van der Waals surface area contributed by atoms with E-state index in [1.165, 1.54) is 6.42 Å².